The van der Waals surface area contributed by atoms with Crippen molar-refractivity contribution in [1.82, 2.24) is 4.98 Å². The monoisotopic (exact) mass is 267 g/mol. The molecule has 0 spiro atoms. The Morgan fingerprint density at radius 3 is 2.70 bits per heavy atom. The highest BCUT2D eigenvalue weighted by Gasteiger charge is 2.06. The van der Waals surface area contributed by atoms with Crippen LogP contribution in [0, 0.1) is 5.82 Å². The first kappa shape index (κ1) is 12.3. The van der Waals surface area contributed by atoms with E-state index in [0.29, 0.717) is 5.52 Å². The van der Waals surface area contributed by atoms with Gasteiger partial charge in [0.05, 0.1) is 11.1 Å². The van der Waals surface area contributed by atoms with Crippen LogP contribution in [0.2, 0.25) is 0 Å². The number of halogens is 1. The number of aromatic nitrogens is 1. The van der Waals surface area contributed by atoms with E-state index < -0.39 is 5.97 Å². The topological polar surface area (TPSA) is 50.2 Å². The van der Waals surface area contributed by atoms with Gasteiger partial charge in [0.25, 0.3) is 0 Å². The molecule has 2 aromatic carbocycles. The minimum absolute atomic E-state index is 0.224. The Morgan fingerprint density at radius 2 is 1.90 bits per heavy atom. The standard InChI is InChI=1S/C16H10FNO2/c17-14-5-4-11-7-13(9-18-15(11)8-14)10-2-1-3-12(6-10)16(19)20/h1-9H,(H,19,20). The SMILES string of the molecule is O=C(O)c1cccc(-c2cnc3cc(F)ccc3c2)c1. The Balaban J connectivity index is 2.12. The Bertz CT molecular complexity index is 814. The molecule has 1 heterocycles. The highest BCUT2D eigenvalue weighted by Crippen LogP contribution is 2.24. The fourth-order valence-corrected chi connectivity index (χ4v) is 2.08. The Labute approximate surface area is 114 Å². The van der Waals surface area contributed by atoms with Crippen molar-refractivity contribution in [1.29, 1.82) is 0 Å². The number of fused-ring (bicyclic) bond motifs is 1. The van der Waals surface area contributed by atoms with Crippen LogP contribution in [-0.2, 0) is 0 Å². The van der Waals surface area contributed by atoms with Crippen molar-refractivity contribution in [2.45, 2.75) is 0 Å². The lowest BCUT2D eigenvalue weighted by Crippen LogP contribution is -1.95. The number of carboxylic acid groups (broad SMARTS) is 1. The molecule has 3 aromatic rings. The van der Waals surface area contributed by atoms with E-state index in [2.05, 4.69) is 4.98 Å². The van der Waals surface area contributed by atoms with Crippen LogP contribution in [0.15, 0.2) is 54.7 Å². The molecule has 98 valence electrons. The summed E-state index contributed by atoms with van der Waals surface area (Å²) in [6.07, 6.45) is 1.61. The molecular weight excluding hydrogens is 257 g/mol. The van der Waals surface area contributed by atoms with Gasteiger partial charge in [0.1, 0.15) is 5.82 Å². The van der Waals surface area contributed by atoms with Crippen LogP contribution < -0.4 is 0 Å². The van der Waals surface area contributed by atoms with Gasteiger partial charge in [-0.1, -0.05) is 12.1 Å². The summed E-state index contributed by atoms with van der Waals surface area (Å²) >= 11 is 0. The van der Waals surface area contributed by atoms with E-state index in [-0.39, 0.29) is 11.4 Å². The normalized spacial score (nSPS) is 10.7. The zero-order valence-electron chi connectivity index (χ0n) is 10.4. The van der Waals surface area contributed by atoms with Crippen molar-refractivity contribution in [3.05, 3.63) is 66.1 Å². The third-order valence-electron chi connectivity index (χ3n) is 3.09. The lowest BCUT2D eigenvalue weighted by molar-refractivity contribution is 0.0697. The molecule has 0 radical (unpaired) electrons. The van der Waals surface area contributed by atoms with E-state index in [4.69, 9.17) is 5.11 Å². The van der Waals surface area contributed by atoms with Crippen LogP contribution in [0.1, 0.15) is 10.4 Å². The van der Waals surface area contributed by atoms with Gasteiger partial charge in [0.2, 0.25) is 0 Å². The predicted octanol–water partition coefficient (Wildman–Crippen LogP) is 3.74. The predicted molar refractivity (Wildman–Crippen MR) is 74.1 cm³/mol. The van der Waals surface area contributed by atoms with Gasteiger partial charge in [0, 0.05) is 23.2 Å². The molecule has 0 unspecified atom stereocenters. The molecule has 0 aliphatic heterocycles. The Kier molecular flexibility index (Phi) is 2.91. The third kappa shape index (κ3) is 2.23. The number of hydrogen-bond donors (Lipinski definition) is 1. The maximum absolute atomic E-state index is 13.1. The molecule has 0 aliphatic carbocycles. The second kappa shape index (κ2) is 4.74. The quantitative estimate of drug-likeness (QED) is 0.769. The molecule has 20 heavy (non-hydrogen) atoms. The third-order valence-corrected chi connectivity index (χ3v) is 3.09. The highest BCUT2D eigenvalue weighted by atomic mass is 19.1. The number of benzene rings is 2. The number of rotatable bonds is 2. The maximum Gasteiger partial charge on any atom is 0.335 e. The number of aromatic carboxylic acids is 1. The van der Waals surface area contributed by atoms with E-state index in [9.17, 15) is 9.18 Å². The van der Waals surface area contributed by atoms with Gasteiger partial charge in [-0.2, -0.15) is 0 Å². The number of pyridine rings is 1. The lowest BCUT2D eigenvalue weighted by Gasteiger charge is -2.05. The first-order valence-corrected chi connectivity index (χ1v) is 6.02. The molecule has 3 rings (SSSR count). The zero-order valence-corrected chi connectivity index (χ0v) is 10.4. The minimum atomic E-state index is -0.970. The Morgan fingerprint density at radius 1 is 1.05 bits per heavy atom. The molecule has 0 aliphatic rings. The van der Waals surface area contributed by atoms with Crippen molar-refractivity contribution in [3.8, 4) is 11.1 Å². The van der Waals surface area contributed by atoms with Crippen molar-refractivity contribution in [2.24, 2.45) is 0 Å². The molecule has 0 saturated heterocycles. The van der Waals surface area contributed by atoms with Gasteiger partial charge in [0.15, 0.2) is 0 Å². The molecule has 1 N–H and O–H groups in total. The lowest BCUT2D eigenvalue weighted by atomic mass is 10.0. The van der Waals surface area contributed by atoms with E-state index in [1.807, 2.05) is 12.1 Å². The molecule has 0 atom stereocenters. The minimum Gasteiger partial charge on any atom is -0.478 e. The number of hydrogen-bond acceptors (Lipinski definition) is 2. The average molecular weight is 267 g/mol. The van der Waals surface area contributed by atoms with E-state index >= 15 is 0 Å². The van der Waals surface area contributed by atoms with Crippen molar-refractivity contribution in [3.63, 3.8) is 0 Å². The maximum atomic E-state index is 13.1. The largest absolute Gasteiger partial charge is 0.478 e. The van der Waals surface area contributed by atoms with Crippen LogP contribution in [0.4, 0.5) is 4.39 Å². The summed E-state index contributed by atoms with van der Waals surface area (Å²) in [6.45, 7) is 0. The number of nitrogens with zero attached hydrogens (tertiary/aromatic N) is 1. The molecule has 4 heteroatoms. The summed E-state index contributed by atoms with van der Waals surface area (Å²) in [5.74, 6) is -1.30. The highest BCUT2D eigenvalue weighted by molar-refractivity contribution is 5.90. The molecular formula is C16H10FNO2. The van der Waals surface area contributed by atoms with Crippen LogP contribution in [-0.4, -0.2) is 16.1 Å². The second-order valence-corrected chi connectivity index (χ2v) is 4.45. The van der Waals surface area contributed by atoms with E-state index in [1.165, 1.54) is 18.2 Å². The van der Waals surface area contributed by atoms with Crippen molar-refractivity contribution < 1.29 is 14.3 Å². The van der Waals surface area contributed by atoms with Gasteiger partial charge >= 0.3 is 5.97 Å². The number of carboxylic acids is 1. The molecule has 0 bridgehead atoms. The average Bonchev–Trinajstić information content (AvgIpc) is 2.47. The second-order valence-electron chi connectivity index (χ2n) is 4.45. The Hall–Kier alpha value is -2.75. The molecule has 1 aromatic heterocycles. The van der Waals surface area contributed by atoms with Crippen LogP contribution in [0.3, 0.4) is 0 Å². The molecule has 3 nitrogen and oxygen atoms in total. The van der Waals surface area contributed by atoms with Crippen LogP contribution in [0.5, 0.6) is 0 Å². The molecule has 0 fully saturated rings. The van der Waals surface area contributed by atoms with E-state index in [1.54, 1.807) is 24.4 Å². The van der Waals surface area contributed by atoms with E-state index in [0.717, 1.165) is 16.5 Å². The fourth-order valence-electron chi connectivity index (χ4n) is 2.08. The van der Waals surface area contributed by atoms with Gasteiger partial charge in [-0.25, -0.2) is 9.18 Å². The zero-order chi connectivity index (χ0) is 14.1. The summed E-state index contributed by atoms with van der Waals surface area (Å²) in [6, 6.07) is 12.9. The first-order valence-electron chi connectivity index (χ1n) is 6.02. The molecule has 0 saturated carbocycles. The van der Waals surface area contributed by atoms with Gasteiger partial charge in [-0.05, 0) is 35.9 Å². The van der Waals surface area contributed by atoms with Gasteiger partial charge in [-0.3, -0.25) is 4.98 Å². The summed E-state index contributed by atoms with van der Waals surface area (Å²) < 4.78 is 13.1. The summed E-state index contributed by atoms with van der Waals surface area (Å²) in [4.78, 5) is 15.2. The van der Waals surface area contributed by atoms with Crippen LogP contribution in [0.25, 0.3) is 22.0 Å². The molecule has 0 amide bonds. The van der Waals surface area contributed by atoms with Crippen LogP contribution >= 0.6 is 0 Å². The van der Waals surface area contributed by atoms with Gasteiger partial charge in [-0.15, -0.1) is 0 Å². The summed E-state index contributed by atoms with van der Waals surface area (Å²) in [7, 11) is 0. The summed E-state index contributed by atoms with van der Waals surface area (Å²) in [5.41, 5.74) is 2.36. The first-order chi connectivity index (χ1) is 9.63. The van der Waals surface area contributed by atoms with Gasteiger partial charge < -0.3 is 5.11 Å². The fraction of sp³-hybridized carbons (Fsp3) is 0. The van der Waals surface area contributed by atoms with Crippen molar-refractivity contribution in [2.75, 3.05) is 0 Å². The van der Waals surface area contributed by atoms with Crippen molar-refractivity contribution >= 4 is 16.9 Å². The number of carbonyl (C=O) groups is 1. The smallest absolute Gasteiger partial charge is 0.335 e. The summed E-state index contributed by atoms with van der Waals surface area (Å²) in [5, 5.41) is 9.81.